The zero-order valence-electron chi connectivity index (χ0n) is 5.96. The maximum absolute atomic E-state index is 10.8. The van der Waals surface area contributed by atoms with Crippen molar-refractivity contribution < 1.29 is 9.53 Å². The largest absolute Gasteiger partial charge is 0.362 e. The summed E-state index contributed by atoms with van der Waals surface area (Å²) >= 11 is 0. The molecule has 0 aromatic carbocycles. The van der Waals surface area contributed by atoms with Crippen LogP contribution in [0.3, 0.4) is 0 Å². The van der Waals surface area contributed by atoms with Crippen LogP contribution in [0, 0.1) is 0 Å². The van der Waals surface area contributed by atoms with Gasteiger partial charge in [-0.3, -0.25) is 4.79 Å². The molecule has 0 aliphatic carbocycles. The number of piperidine rings is 1. The van der Waals surface area contributed by atoms with Gasteiger partial charge in [0.05, 0.1) is 6.04 Å². The fraction of sp³-hybridized carbons (Fsp3) is 0.833. The SMILES string of the molecule is COC1CCC(N)C(=O)N1. The summed E-state index contributed by atoms with van der Waals surface area (Å²) < 4.78 is 4.92. The predicted molar refractivity (Wildman–Crippen MR) is 36.1 cm³/mol. The molecule has 1 fully saturated rings. The van der Waals surface area contributed by atoms with Gasteiger partial charge in [0.15, 0.2) is 0 Å². The Labute approximate surface area is 59.7 Å². The van der Waals surface area contributed by atoms with Crippen molar-refractivity contribution >= 4 is 5.91 Å². The number of methoxy groups -OCH3 is 1. The highest BCUT2D eigenvalue weighted by atomic mass is 16.5. The van der Waals surface area contributed by atoms with E-state index < -0.39 is 0 Å². The van der Waals surface area contributed by atoms with Crippen LogP contribution in [0.5, 0.6) is 0 Å². The number of rotatable bonds is 1. The fourth-order valence-electron chi connectivity index (χ4n) is 0.977. The van der Waals surface area contributed by atoms with E-state index in [1.807, 2.05) is 0 Å². The molecule has 10 heavy (non-hydrogen) atoms. The van der Waals surface area contributed by atoms with E-state index in [0.717, 1.165) is 6.42 Å². The molecule has 1 amide bonds. The number of hydrogen-bond acceptors (Lipinski definition) is 3. The highest BCUT2D eigenvalue weighted by Crippen LogP contribution is 2.06. The first kappa shape index (κ1) is 7.50. The van der Waals surface area contributed by atoms with Gasteiger partial charge >= 0.3 is 0 Å². The fourth-order valence-corrected chi connectivity index (χ4v) is 0.977. The molecule has 1 rings (SSSR count). The normalized spacial score (nSPS) is 33.6. The van der Waals surface area contributed by atoms with Gasteiger partial charge < -0.3 is 15.8 Å². The third kappa shape index (κ3) is 1.46. The Morgan fingerprint density at radius 3 is 2.90 bits per heavy atom. The third-order valence-electron chi connectivity index (χ3n) is 1.66. The maximum Gasteiger partial charge on any atom is 0.238 e. The Hall–Kier alpha value is -0.610. The minimum atomic E-state index is -0.341. The molecule has 2 atom stereocenters. The Morgan fingerprint density at radius 1 is 1.70 bits per heavy atom. The first-order valence-corrected chi connectivity index (χ1v) is 3.33. The topological polar surface area (TPSA) is 64.3 Å². The van der Waals surface area contributed by atoms with Crippen molar-refractivity contribution in [2.45, 2.75) is 25.1 Å². The number of nitrogens with two attached hydrogens (primary N) is 1. The van der Waals surface area contributed by atoms with E-state index in [1.54, 1.807) is 7.11 Å². The van der Waals surface area contributed by atoms with Gasteiger partial charge in [-0.05, 0) is 12.8 Å². The van der Waals surface area contributed by atoms with Crippen molar-refractivity contribution in [3.05, 3.63) is 0 Å². The summed E-state index contributed by atoms with van der Waals surface area (Å²) in [7, 11) is 1.57. The lowest BCUT2D eigenvalue weighted by Crippen LogP contribution is -2.51. The van der Waals surface area contributed by atoms with Crippen LogP contribution in [-0.2, 0) is 9.53 Å². The molecule has 1 aliphatic heterocycles. The van der Waals surface area contributed by atoms with E-state index >= 15 is 0 Å². The molecule has 0 spiro atoms. The Kier molecular flexibility index (Phi) is 2.24. The molecule has 58 valence electrons. The summed E-state index contributed by atoms with van der Waals surface area (Å²) in [6, 6.07) is -0.341. The number of carbonyl (C=O) groups is 1. The van der Waals surface area contributed by atoms with Gasteiger partial charge in [-0.25, -0.2) is 0 Å². The average Bonchev–Trinajstić information content (AvgIpc) is 1.95. The van der Waals surface area contributed by atoms with Gasteiger partial charge in [0.2, 0.25) is 5.91 Å². The maximum atomic E-state index is 10.8. The second kappa shape index (κ2) is 2.98. The summed E-state index contributed by atoms with van der Waals surface area (Å²) in [6.45, 7) is 0. The average molecular weight is 144 g/mol. The molecule has 0 saturated carbocycles. The highest BCUT2D eigenvalue weighted by molar-refractivity contribution is 5.82. The number of nitrogens with one attached hydrogen (secondary N) is 1. The lowest BCUT2D eigenvalue weighted by atomic mass is 10.1. The van der Waals surface area contributed by atoms with Crippen molar-refractivity contribution in [2.75, 3.05) is 7.11 Å². The summed E-state index contributed by atoms with van der Waals surface area (Å²) in [5.41, 5.74) is 5.43. The van der Waals surface area contributed by atoms with Crippen LogP contribution in [0.25, 0.3) is 0 Å². The molecule has 4 heteroatoms. The van der Waals surface area contributed by atoms with E-state index in [9.17, 15) is 4.79 Å². The molecule has 3 N–H and O–H groups in total. The zero-order chi connectivity index (χ0) is 7.56. The minimum Gasteiger partial charge on any atom is -0.362 e. The monoisotopic (exact) mass is 144 g/mol. The van der Waals surface area contributed by atoms with Gasteiger partial charge in [0.25, 0.3) is 0 Å². The predicted octanol–water partition coefficient (Wildman–Crippen LogP) is -0.804. The quantitative estimate of drug-likeness (QED) is 0.506. The van der Waals surface area contributed by atoms with Crippen LogP contribution in [-0.4, -0.2) is 25.3 Å². The van der Waals surface area contributed by atoms with Crippen LogP contribution in [0.1, 0.15) is 12.8 Å². The minimum absolute atomic E-state index is 0.113. The molecular formula is C6H12N2O2. The molecule has 2 unspecified atom stereocenters. The van der Waals surface area contributed by atoms with E-state index in [-0.39, 0.29) is 18.2 Å². The van der Waals surface area contributed by atoms with Crippen molar-refractivity contribution in [2.24, 2.45) is 5.73 Å². The molecule has 0 radical (unpaired) electrons. The first-order chi connectivity index (χ1) is 4.74. The molecular weight excluding hydrogens is 132 g/mol. The number of hydrogen-bond donors (Lipinski definition) is 2. The number of carbonyl (C=O) groups excluding carboxylic acids is 1. The molecule has 0 bridgehead atoms. The van der Waals surface area contributed by atoms with Crippen molar-refractivity contribution in [1.29, 1.82) is 0 Å². The van der Waals surface area contributed by atoms with Crippen LogP contribution in [0.4, 0.5) is 0 Å². The van der Waals surface area contributed by atoms with Crippen LogP contribution >= 0.6 is 0 Å². The Morgan fingerprint density at radius 2 is 2.40 bits per heavy atom. The lowest BCUT2D eigenvalue weighted by molar-refractivity contribution is -0.129. The lowest BCUT2D eigenvalue weighted by Gasteiger charge is -2.25. The van der Waals surface area contributed by atoms with Crippen LogP contribution in [0.15, 0.2) is 0 Å². The summed E-state index contributed by atoms with van der Waals surface area (Å²) in [5.74, 6) is -0.113. The van der Waals surface area contributed by atoms with Gasteiger partial charge in [0, 0.05) is 7.11 Å². The Balaban J connectivity index is 2.41. The highest BCUT2D eigenvalue weighted by Gasteiger charge is 2.23. The number of ether oxygens (including phenoxy) is 1. The van der Waals surface area contributed by atoms with E-state index in [0.29, 0.717) is 6.42 Å². The van der Waals surface area contributed by atoms with Crippen molar-refractivity contribution in [3.8, 4) is 0 Å². The van der Waals surface area contributed by atoms with Crippen molar-refractivity contribution in [1.82, 2.24) is 5.32 Å². The molecule has 4 nitrogen and oxygen atoms in total. The summed E-state index contributed by atoms with van der Waals surface area (Å²) in [6.07, 6.45) is 1.39. The Bertz CT molecular complexity index is 138. The standard InChI is InChI=1S/C6H12N2O2/c1-10-5-3-2-4(7)6(9)8-5/h4-5H,2-3,7H2,1H3,(H,8,9). The second-order valence-electron chi connectivity index (χ2n) is 2.42. The van der Waals surface area contributed by atoms with E-state index in [2.05, 4.69) is 5.32 Å². The van der Waals surface area contributed by atoms with Crippen molar-refractivity contribution in [3.63, 3.8) is 0 Å². The van der Waals surface area contributed by atoms with Gasteiger partial charge in [-0.2, -0.15) is 0 Å². The van der Waals surface area contributed by atoms with Crippen LogP contribution < -0.4 is 11.1 Å². The molecule has 1 aliphatic rings. The van der Waals surface area contributed by atoms with E-state index in [1.165, 1.54) is 0 Å². The molecule has 1 heterocycles. The molecule has 1 saturated heterocycles. The first-order valence-electron chi connectivity index (χ1n) is 3.33. The van der Waals surface area contributed by atoms with Gasteiger partial charge in [-0.15, -0.1) is 0 Å². The summed E-state index contributed by atoms with van der Waals surface area (Å²) in [5, 5.41) is 2.63. The molecule has 0 aromatic rings. The third-order valence-corrected chi connectivity index (χ3v) is 1.66. The van der Waals surface area contributed by atoms with Gasteiger partial charge in [0.1, 0.15) is 6.23 Å². The van der Waals surface area contributed by atoms with E-state index in [4.69, 9.17) is 10.5 Å². The summed E-state index contributed by atoms with van der Waals surface area (Å²) in [4.78, 5) is 10.8. The van der Waals surface area contributed by atoms with Crippen LogP contribution in [0.2, 0.25) is 0 Å². The zero-order valence-corrected chi connectivity index (χ0v) is 5.96. The number of amides is 1. The van der Waals surface area contributed by atoms with Gasteiger partial charge in [-0.1, -0.05) is 0 Å². The smallest absolute Gasteiger partial charge is 0.238 e. The second-order valence-corrected chi connectivity index (χ2v) is 2.42. The molecule has 0 aromatic heterocycles.